The van der Waals surface area contributed by atoms with Gasteiger partial charge in [-0.05, 0) is 49.2 Å². The fraction of sp³-hybridized carbons (Fsp3) is 0.323. The van der Waals surface area contributed by atoms with E-state index in [1.165, 1.54) is 5.57 Å². The summed E-state index contributed by atoms with van der Waals surface area (Å²) in [5, 5.41) is 11.5. The van der Waals surface area contributed by atoms with E-state index in [4.69, 9.17) is 17.0 Å². The summed E-state index contributed by atoms with van der Waals surface area (Å²) in [7, 11) is 0. The average Bonchev–Trinajstić information content (AvgIpc) is 2.95. The third kappa shape index (κ3) is 8.67. The zero-order valence-electron chi connectivity index (χ0n) is 23.3. The Kier molecular flexibility index (Phi) is 14.3. The van der Waals surface area contributed by atoms with E-state index in [0.29, 0.717) is 22.8 Å². The lowest BCUT2D eigenvalue weighted by Crippen LogP contribution is -2.17. The molecule has 0 radical (unpaired) electrons. The molecule has 0 aliphatic carbocycles. The second-order valence-corrected chi connectivity index (χ2v) is 8.32. The number of hydrogen-bond donors (Lipinski definition) is 2. The van der Waals surface area contributed by atoms with E-state index in [1.807, 2.05) is 33.8 Å². The molecule has 3 rings (SSSR count). The van der Waals surface area contributed by atoms with Crippen molar-refractivity contribution in [2.45, 2.75) is 54.4 Å². The fourth-order valence-electron chi connectivity index (χ4n) is 3.39. The highest BCUT2D eigenvalue weighted by Gasteiger charge is 2.17. The van der Waals surface area contributed by atoms with Crippen molar-refractivity contribution in [2.75, 3.05) is 13.1 Å². The van der Waals surface area contributed by atoms with Gasteiger partial charge in [-0.25, -0.2) is 13.8 Å². The van der Waals surface area contributed by atoms with Crippen LogP contribution in [0.4, 0.5) is 8.78 Å². The number of fused-ring (bicyclic) bond motifs is 1. The van der Waals surface area contributed by atoms with Crippen molar-refractivity contribution in [1.29, 1.82) is 5.41 Å². The topological polar surface area (TPSA) is 61.7 Å². The molecular weight excluding hydrogens is 502 g/mol. The molecule has 0 saturated carbocycles. The van der Waals surface area contributed by atoms with Crippen LogP contribution in [0.25, 0.3) is 22.2 Å². The molecule has 0 aliphatic rings. The van der Waals surface area contributed by atoms with Crippen molar-refractivity contribution >= 4 is 39.5 Å². The highest BCUT2D eigenvalue weighted by molar-refractivity contribution is 6.33. The molecule has 0 unspecified atom stereocenters. The number of hydrogen-bond acceptors (Lipinski definition) is 4. The van der Waals surface area contributed by atoms with Gasteiger partial charge in [0.25, 0.3) is 0 Å². The van der Waals surface area contributed by atoms with Gasteiger partial charge in [-0.15, -0.1) is 0 Å². The van der Waals surface area contributed by atoms with Crippen LogP contribution in [0.5, 0.6) is 0 Å². The number of halogens is 3. The van der Waals surface area contributed by atoms with Gasteiger partial charge >= 0.3 is 0 Å². The summed E-state index contributed by atoms with van der Waals surface area (Å²) in [6.07, 6.45) is 5.79. The number of allylic oxidation sites excluding steroid dienone is 3. The first-order valence-corrected chi connectivity index (χ1v) is 13.4. The van der Waals surface area contributed by atoms with Crippen LogP contribution in [0.2, 0.25) is 5.02 Å². The first kappa shape index (κ1) is 32.8. The second-order valence-electron chi connectivity index (χ2n) is 7.92. The predicted molar refractivity (Wildman–Crippen MR) is 160 cm³/mol. The van der Waals surface area contributed by atoms with Crippen LogP contribution >= 0.6 is 11.6 Å². The molecule has 0 bridgehead atoms. The van der Waals surface area contributed by atoms with E-state index in [-0.39, 0.29) is 21.9 Å². The van der Waals surface area contributed by atoms with Crippen LogP contribution in [-0.4, -0.2) is 28.8 Å². The molecule has 0 spiro atoms. The Bertz CT molecular complexity index is 1300. The summed E-state index contributed by atoms with van der Waals surface area (Å²) in [5.74, 6) is -1.77. The molecule has 0 amide bonds. The van der Waals surface area contributed by atoms with E-state index >= 15 is 0 Å². The summed E-state index contributed by atoms with van der Waals surface area (Å²) in [6.45, 7) is 22.1. The van der Waals surface area contributed by atoms with E-state index in [2.05, 4.69) is 48.4 Å². The highest BCUT2D eigenvalue weighted by Crippen LogP contribution is 2.26. The molecule has 0 fully saturated rings. The van der Waals surface area contributed by atoms with Crippen LogP contribution < -0.4 is 5.32 Å². The quantitative estimate of drug-likeness (QED) is 0.117. The molecule has 3 aromatic rings. The molecule has 0 saturated heterocycles. The van der Waals surface area contributed by atoms with Gasteiger partial charge in [-0.1, -0.05) is 78.0 Å². The number of pyridine rings is 2. The number of rotatable bonds is 10. The maximum atomic E-state index is 14.3. The molecule has 0 atom stereocenters. The SMILES string of the molecule is C=C(/C=C(\CC)CNCCC)c1cnc2ccc(C(=C)C(=N)c3cc(Cl)c(F)cc3F)nc2c1.CC.CC. The van der Waals surface area contributed by atoms with E-state index in [0.717, 1.165) is 43.1 Å². The lowest BCUT2D eigenvalue weighted by atomic mass is 9.99. The van der Waals surface area contributed by atoms with Crippen LogP contribution in [0.3, 0.4) is 0 Å². The molecular formula is C31H39ClF2N4. The number of aromatic nitrogens is 2. The molecule has 2 aromatic heterocycles. The monoisotopic (exact) mass is 540 g/mol. The number of benzene rings is 1. The van der Waals surface area contributed by atoms with Crippen LogP contribution in [0.1, 0.15) is 71.2 Å². The molecule has 7 heteroatoms. The fourth-order valence-corrected chi connectivity index (χ4v) is 3.55. The summed E-state index contributed by atoms with van der Waals surface area (Å²) < 4.78 is 27.8. The summed E-state index contributed by atoms with van der Waals surface area (Å²) in [4.78, 5) is 9.07. The Morgan fingerprint density at radius 1 is 1.03 bits per heavy atom. The Balaban J connectivity index is 0.00000172. The number of nitrogens with one attached hydrogen (secondary N) is 2. The maximum absolute atomic E-state index is 14.3. The first-order chi connectivity index (χ1) is 18.2. The van der Waals surface area contributed by atoms with Gasteiger partial charge < -0.3 is 5.32 Å². The minimum Gasteiger partial charge on any atom is -0.313 e. The van der Waals surface area contributed by atoms with Crippen molar-refractivity contribution < 1.29 is 8.78 Å². The van der Waals surface area contributed by atoms with Gasteiger partial charge in [0.2, 0.25) is 0 Å². The second kappa shape index (κ2) is 16.6. The zero-order chi connectivity index (χ0) is 28.8. The molecule has 204 valence electrons. The molecule has 2 N–H and O–H groups in total. The van der Waals surface area contributed by atoms with Gasteiger partial charge in [0, 0.05) is 35.5 Å². The van der Waals surface area contributed by atoms with Crippen LogP contribution in [-0.2, 0) is 0 Å². The van der Waals surface area contributed by atoms with Crippen molar-refractivity contribution in [2.24, 2.45) is 0 Å². The minimum absolute atomic E-state index is 0.146. The van der Waals surface area contributed by atoms with Gasteiger partial charge in [-0.3, -0.25) is 10.4 Å². The largest absolute Gasteiger partial charge is 0.313 e. The molecule has 0 aliphatic heterocycles. The van der Waals surface area contributed by atoms with E-state index in [9.17, 15) is 8.78 Å². The van der Waals surface area contributed by atoms with E-state index in [1.54, 1.807) is 18.3 Å². The average molecular weight is 541 g/mol. The number of nitrogens with zero attached hydrogens (tertiary/aromatic N) is 2. The van der Waals surface area contributed by atoms with Gasteiger partial charge in [0.05, 0.1) is 27.5 Å². The van der Waals surface area contributed by atoms with Crippen molar-refractivity contribution in [3.63, 3.8) is 0 Å². The Hall–Kier alpha value is -3.22. The van der Waals surface area contributed by atoms with Crippen molar-refractivity contribution in [1.82, 2.24) is 15.3 Å². The normalized spacial score (nSPS) is 10.7. The molecule has 1 aromatic carbocycles. The Morgan fingerprint density at radius 2 is 1.71 bits per heavy atom. The lowest BCUT2D eigenvalue weighted by molar-refractivity contribution is 0.582. The first-order valence-electron chi connectivity index (χ1n) is 13.0. The highest BCUT2D eigenvalue weighted by atomic mass is 35.5. The Labute approximate surface area is 231 Å². The molecule has 38 heavy (non-hydrogen) atoms. The van der Waals surface area contributed by atoms with Crippen LogP contribution in [0.15, 0.2) is 61.3 Å². The zero-order valence-corrected chi connectivity index (χ0v) is 24.1. The van der Waals surface area contributed by atoms with Crippen molar-refractivity contribution in [3.8, 4) is 0 Å². The summed E-state index contributed by atoms with van der Waals surface area (Å²) >= 11 is 5.78. The Morgan fingerprint density at radius 3 is 2.34 bits per heavy atom. The van der Waals surface area contributed by atoms with Gasteiger partial charge in [-0.2, -0.15) is 0 Å². The predicted octanol–water partition coefficient (Wildman–Crippen LogP) is 9.04. The van der Waals surface area contributed by atoms with Gasteiger partial charge in [0.15, 0.2) is 0 Å². The maximum Gasteiger partial charge on any atom is 0.144 e. The summed E-state index contributed by atoms with van der Waals surface area (Å²) in [6, 6.07) is 7.04. The molecule has 4 nitrogen and oxygen atoms in total. The standard InChI is InChI=1S/C27H27ClF2N4.2C2H6/c1-5-9-32-14-18(6-2)10-16(3)19-11-26-25(33-15-19)8-7-24(34-26)17(4)27(31)20-12-21(28)23(30)13-22(20)29;2*1-2/h7-8,10-13,15,31-32H,3-6,9,14H2,1-2H3;2*1-2H3/b18-10+,31-27?;;. The van der Waals surface area contributed by atoms with Crippen LogP contribution in [0, 0.1) is 17.0 Å². The smallest absolute Gasteiger partial charge is 0.144 e. The minimum atomic E-state index is -0.888. The van der Waals surface area contributed by atoms with Gasteiger partial charge in [0.1, 0.15) is 11.6 Å². The third-order valence-electron chi connectivity index (χ3n) is 5.41. The summed E-state index contributed by atoms with van der Waals surface area (Å²) in [5.41, 5.74) is 4.35. The van der Waals surface area contributed by atoms with E-state index < -0.39 is 11.6 Å². The molecule has 2 heterocycles. The third-order valence-corrected chi connectivity index (χ3v) is 5.70. The lowest BCUT2D eigenvalue weighted by Gasteiger charge is -2.11. The van der Waals surface area contributed by atoms with Crippen molar-refractivity contribution in [3.05, 3.63) is 94.8 Å².